The number of aliphatic carboxylic acids is 1. The van der Waals surface area contributed by atoms with E-state index in [9.17, 15) is 9.59 Å². The summed E-state index contributed by atoms with van der Waals surface area (Å²) in [5, 5.41) is 13.5. The van der Waals surface area contributed by atoms with Crippen LogP contribution >= 0.6 is 0 Å². The molecule has 0 radical (unpaired) electrons. The van der Waals surface area contributed by atoms with Crippen molar-refractivity contribution in [3.8, 4) is 34.0 Å². The van der Waals surface area contributed by atoms with Gasteiger partial charge in [0.25, 0.3) is 5.91 Å². The minimum Gasteiger partial charge on any atom is -0.494 e. The number of primary amides is 1. The summed E-state index contributed by atoms with van der Waals surface area (Å²) < 4.78 is 33.6. The maximum absolute atomic E-state index is 15.5. The first kappa shape index (κ1) is 27.1. The third-order valence-electron chi connectivity index (χ3n) is 6.75. The lowest BCUT2D eigenvalue weighted by Gasteiger charge is -2.28. The number of carbonyl (C=O) groups is 2. The van der Waals surface area contributed by atoms with Gasteiger partial charge < -0.3 is 25.1 Å². The van der Waals surface area contributed by atoms with Crippen LogP contribution in [-0.4, -0.2) is 53.7 Å². The molecule has 3 N–H and O–H groups in total. The Labute approximate surface area is 220 Å². The van der Waals surface area contributed by atoms with Gasteiger partial charge in [-0.15, -0.1) is 5.10 Å². The summed E-state index contributed by atoms with van der Waals surface area (Å²) in [7, 11) is 1.40. The SMILES string of the molecule is COc1cccc(-c2c(OCC(N)=O)nn(C[C@H]3CC[C@H](COCC(=O)O)CC3)c2-c2ccccc2)c1F. The van der Waals surface area contributed by atoms with Gasteiger partial charge >= 0.3 is 5.97 Å². The molecular formula is C28H32FN3O6. The zero-order valence-corrected chi connectivity index (χ0v) is 21.3. The normalized spacial score (nSPS) is 17.2. The highest BCUT2D eigenvalue weighted by molar-refractivity contribution is 5.86. The molecule has 3 aromatic rings. The van der Waals surface area contributed by atoms with Crippen molar-refractivity contribution in [1.82, 2.24) is 9.78 Å². The van der Waals surface area contributed by atoms with Gasteiger partial charge in [-0.2, -0.15) is 0 Å². The molecule has 38 heavy (non-hydrogen) atoms. The summed E-state index contributed by atoms with van der Waals surface area (Å²) in [6.07, 6.45) is 3.65. The van der Waals surface area contributed by atoms with E-state index in [0.29, 0.717) is 36.2 Å². The number of halogens is 1. The molecule has 1 heterocycles. The number of nitrogens with zero attached hydrogens (tertiary/aromatic N) is 2. The lowest BCUT2D eigenvalue weighted by atomic mass is 9.82. The molecule has 1 aliphatic carbocycles. The Morgan fingerprint density at radius 3 is 2.42 bits per heavy atom. The molecule has 10 heteroatoms. The van der Waals surface area contributed by atoms with Crippen LogP contribution in [0.1, 0.15) is 25.7 Å². The van der Waals surface area contributed by atoms with E-state index >= 15 is 4.39 Å². The van der Waals surface area contributed by atoms with Crippen LogP contribution in [0.5, 0.6) is 11.6 Å². The van der Waals surface area contributed by atoms with Gasteiger partial charge in [0.05, 0.1) is 25.0 Å². The third-order valence-corrected chi connectivity index (χ3v) is 6.75. The zero-order valence-electron chi connectivity index (χ0n) is 21.3. The van der Waals surface area contributed by atoms with Gasteiger partial charge in [0, 0.05) is 17.7 Å². The lowest BCUT2D eigenvalue weighted by molar-refractivity contribution is -0.142. The Hall–Kier alpha value is -3.92. The van der Waals surface area contributed by atoms with Gasteiger partial charge in [-0.3, -0.25) is 9.48 Å². The molecule has 1 fully saturated rings. The molecule has 1 amide bonds. The Morgan fingerprint density at radius 2 is 1.76 bits per heavy atom. The molecule has 0 atom stereocenters. The molecule has 1 aliphatic rings. The summed E-state index contributed by atoms with van der Waals surface area (Å²) in [5.41, 5.74) is 7.50. The molecule has 2 aromatic carbocycles. The van der Waals surface area contributed by atoms with E-state index in [2.05, 4.69) is 0 Å². The van der Waals surface area contributed by atoms with Crippen molar-refractivity contribution in [3.05, 3.63) is 54.3 Å². The van der Waals surface area contributed by atoms with Crippen molar-refractivity contribution in [2.24, 2.45) is 17.6 Å². The van der Waals surface area contributed by atoms with Crippen molar-refractivity contribution in [3.63, 3.8) is 0 Å². The molecule has 0 unspecified atom stereocenters. The number of ether oxygens (including phenoxy) is 3. The average molecular weight is 526 g/mol. The summed E-state index contributed by atoms with van der Waals surface area (Å²) >= 11 is 0. The molecule has 202 valence electrons. The highest BCUT2D eigenvalue weighted by Crippen LogP contribution is 2.43. The van der Waals surface area contributed by atoms with Crippen LogP contribution in [0.25, 0.3) is 22.4 Å². The molecule has 1 aromatic heterocycles. The molecule has 4 rings (SSSR count). The van der Waals surface area contributed by atoms with Crippen LogP contribution in [0.3, 0.4) is 0 Å². The van der Waals surface area contributed by atoms with E-state index in [1.807, 2.05) is 35.0 Å². The highest BCUT2D eigenvalue weighted by atomic mass is 19.1. The number of benzene rings is 2. The van der Waals surface area contributed by atoms with Crippen LogP contribution in [0.15, 0.2) is 48.5 Å². The summed E-state index contributed by atoms with van der Waals surface area (Å²) in [5.74, 6) is -1.39. The second-order valence-corrected chi connectivity index (χ2v) is 9.45. The molecule has 0 aliphatic heterocycles. The largest absolute Gasteiger partial charge is 0.494 e. The lowest BCUT2D eigenvalue weighted by Crippen LogP contribution is -2.23. The van der Waals surface area contributed by atoms with Crippen molar-refractivity contribution in [2.45, 2.75) is 32.2 Å². The second kappa shape index (κ2) is 12.6. The molecule has 0 saturated heterocycles. The second-order valence-electron chi connectivity index (χ2n) is 9.45. The first-order chi connectivity index (χ1) is 18.4. The van der Waals surface area contributed by atoms with E-state index in [-0.39, 0.29) is 23.8 Å². The number of amides is 1. The highest BCUT2D eigenvalue weighted by Gasteiger charge is 2.29. The predicted molar refractivity (Wildman–Crippen MR) is 138 cm³/mol. The zero-order chi connectivity index (χ0) is 27.1. The maximum atomic E-state index is 15.5. The van der Waals surface area contributed by atoms with Gasteiger partial charge in [-0.25, -0.2) is 9.18 Å². The van der Waals surface area contributed by atoms with Gasteiger partial charge in [0.2, 0.25) is 5.88 Å². The van der Waals surface area contributed by atoms with Crippen LogP contribution < -0.4 is 15.2 Å². The fraction of sp³-hybridized carbons (Fsp3) is 0.393. The Balaban J connectivity index is 1.69. The number of methoxy groups -OCH3 is 1. The van der Waals surface area contributed by atoms with E-state index in [4.69, 9.17) is 30.1 Å². The molecule has 0 spiro atoms. The number of rotatable bonds is 12. The van der Waals surface area contributed by atoms with E-state index in [1.165, 1.54) is 13.2 Å². The summed E-state index contributed by atoms with van der Waals surface area (Å²) in [6.45, 7) is 0.308. The number of aromatic nitrogens is 2. The number of hydrogen-bond acceptors (Lipinski definition) is 6. The van der Waals surface area contributed by atoms with Gasteiger partial charge in [0.15, 0.2) is 18.2 Å². The van der Waals surface area contributed by atoms with Crippen LogP contribution in [0, 0.1) is 17.7 Å². The van der Waals surface area contributed by atoms with Crippen LogP contribution in [-0.2, 0) is 20.9 Å². The van der Waals surface area contributed by atoms with Crippen molar-refractivity contribution in [1.29, 1.82) is 0 Å². The van der Waals surface area contributed by atoms with E-state index in [0.717, 1.165) is 31.2 Å². The first-order valence-electron chi connectivity index (χ1n) is 12.6. The number of hydrogen-bond donors (Lipinski definition) is 2. The predicted octanol–water partition coefficient (Wildman–Crippen LogP) is 4.14. The standard InChI is InChI=1S/C28H32FN3O6/c1-36-22-9-5-8-21(26(22)29)25-27(20-6-3-2-4-7-20)32(31-28(25)38-16-23(30)33)14-18-10-12-19(13-11-18)15-37-17-24(34)35/h2-9,18-19H,10-17H2,1H3,(H2,30,33)(H,34,35)/t18-,19-. The molecule has 1 saturated carbocycles. The van der Waals surface area contributed by atoms with Crippen molar-refractivity contribution >= 4 is 11.9 Å². The molecular weight excluding hydrogens is 493 g/mol. The third kappa shape index (κ3) is 6.49. The van der Waals surface area contributed by atoms with Gasteiger partial charge in [-0.1, -0.05) is 42.5 Å². The van der Waals surface area contributed by atoms with Crippen LogP contribution in [0.4, 0.5) is 4.39 Å². The number of nitrogens with two attached hydrogens (primary N) is 1. The summed E-state index contributed by atoms with van der Waals surface area (Å²) in [6, 6.07) is 14.4. The minimum atomic E-state index is -0.969. The van der Waals surface area contributed by atoms with Crippen molar-refractivity contribution in [2.75, 3.05) is 26.9 Å². The minimum absolute atomic E-state index is 0.0820. The smallest absolute Gasteiger partial charge is 0.329 e. The summed E-state index contributed by atoms with van der Waals surface area (Å²) in [4.78, 5) is 22.3. The first-order valence-corrected chi connectivity index (χ1v) is 12.6. The number of carboxylic acids is 1. The molecule has 0 bridgehead atoms. The topological polar surface area (TPSA) is 126 Å². The van der Waals surface area contributed by atoms with Crippen molar-refractivity contribution < 1.29 is 33.3 Å². The van der Waals surface area contributed by atoms with E-state index in [1.54, 1.807) is 12.1 Å². The Bertz CT molecular complexity index is 1250. The Morgan fingerprint density at radius 1 is 1.05 bits per heavy atom. The average Bonchev–Trinajstić information content (AvgIpc) is 3.26. The monoisotopic (exact) mass is 525 g/mol. The fourth-order valence-corrected chi connectivity index (χ4v) is 4.94. The Kier molecular flexibility index (Phi) is 8.96. The van der Waals surface area contributed by atoms with Crippen LogP contribution in [0.2, 0.25) is 0 Å². The van der Waals surface area contributed by atoms with Gasteiger partial charge in [0.1, 0.15) is 6.61 Å². The quantitative estimate of drug-likeness (QED) is 0.364. The van der Waals surface area contributed by atoms with Gasteiger partial charge in [-0.05, 0) is 43.6 Å². The molecule has 9 nitrogen and oxygen atoms in total. The maximum Gasteiger partial charge on any atom is 0.329 e. The number of carboxylic acid groups (broad SMARTS) is 1. The fourth-order valence-electron chi connectivity index (χ4n) is 4.94. The number of carbonyl (C=O) groups excluding carboxylic acids is 1. The van der Waals surface area contributed by atoms with E-state index < -0.39 is 24.3 Å².